The summed E-state index contributed by atoms with van der Waals surface area (Å²) in [4.78, 5) is 16.6. The zero-order valence-corrected chi connectivity index (χ0v) is 13.3. The fraction of sp³-hybridized carbons (Fsp3) is 0.0625. The van der Waals surface area contributed by atoms with Crippen LogP contribution in [0.3, 0.4) is 0 Å². The summed E-state index contributed by atoms with van der Waals surface area (Å²) in [7, 11) is 1.61. The molecule has 0 aliphatic carbocycles. The number of aromatic amines is 1. The molecule has 1 aromatic carbocycles. The van der Waals surface area contributed by atoms with E-state index >= 15 is 0 Å². The van der Waals surface area contributed by atoms with E-state index in [-0.39, 0.29) is 0 Å². The Bertz CT molecular complexity index is 1000. The maximum absolute atomic E-state index is 5.43. The van der Waals surface area contributed by atoms with Crippen LogP contribution >= 0.6 is 0 Å². The van der Waals surface area contributed by atoms with Gasteiger partial charge in [-0.1, -0.05) is 0 Å². The quantitative estimate of drug-likeness (QED) is 0.510. The van der Waals surface area contributed by atoms with Crippen molar-refractivity contribution in [2.45, 2.75) is 0 Å². The summed E-state index contributed by atoms with van der Waals surface area (Å²) in [5, 5.41) is 14.2. The van der Waals surface area contributed by atoms with Crippen molar-refractivity contribution >= 4 is 34.0 Å². The highest BCUT2D eigenvalue weighted by Crippen LogP contribution is 2.31. The van der Waals surface area contributed by atoms with Crippen molar-refractivity contribution in [3.05, 3.63) is 49.3 Å². The zero-order chi connectivity index (χ0) is 17.1. The van der Waals surface area contributed by atoms with E-state index < -0.39 is 0 Å². The molecule has 0 amide bonds. The summed E-state index contributed by atoms with van der Waals surface area (Å²) >= 11 is 0. The minimum absolute atomic E-state index is 0.598. The topological polar surface area (TPSA) is 114 Å². The van der Waals surface area contributed by atoms with E-state index in [2.05, 4.69) is 40.8 Å². The lowest BCUT2D eigenvalue weighted by Crippen LogP contribution is -2.00. The molecule has 0 aliphatic heterocycles. The van der Waals surface area contributed by atoms with Gasteiger partial charge in [0.2, 0.25) is 0 Å². The molecule has 4 rings (SSSR count). The highest BCUT2D eigenvalue weighted by molar-refractivity contribution is 5.86. The Morgan fingerprint density at radius 3 is 2.60 bits per heavy atom. The maximum Gasteiger partial charge on any atom is 0.150 e. The van der Waals surface area contributed by atoms with Gasteiger partial charge in [-0.3, -0.25) is 10.1 Å². The molecule has 9 nitrogen and oxygen atoms in total. The van der Waals surface area contributed by atoms with Crippen LogP contribution < -0.4 is 15.4 Å². The minimum atomic E-state index is 0.598. The maximum atomic E-state index is 5.43. The number of rotatable bonds is 5. The normalized spacial score (nSPS) is 10.6. The van der Waals surface area contributed by atoms with Crippen LogP contribution in [0.25, 0.3) is 10.9 Å². The van der Waals surface area contributed by atoms with Gasteiger partial charge in [-0.25, -0.2) is 15.0 Å². The Balaban J connectivity index is 1.61. The third-order valence-corrected chi connectivity index (χ3v) is 3.51. The lowest BCUT2D eigenvalue weighted by molar-refractivity contribution is 0.417. The number of methoxy groups -OCH3 is 1. The van der Waals surface area contributed by atoms with Gasteiger partial charge in [-0.05, 0) is 6.07 Å². The van der Waals surface area contributed by atoms with Crippen molar-refractivity contribution < 1.29 is 4.74 Å². The second-order valence-corrected chi connectivity index (χ2v) is 5.14. The van der Waals surface area contributed by atoms with Crippen LogP contribution in [0.1, 0.15) is 0 Å². The van der Waals surface area contributed by atoms with E-state index in [1.165, 1.54) is 6.33 Å². The standard InChI is InChI=1S/C16H14N8O/c1-25-13-5-11-10(7-21-24-11)4-12(13)22-14-6-15(20-9-19-14)23-16-8-17-2-3-18-16/h2-9H,1H3,(H,21,24)(H2,18,19,20,22,23). The van der Waals surface area contributed by atoms with E-state index in [0.29, 0.717) is 23.2 Å². The molecule has 4 aromatic rings. The van der Waals surface area contributed by atoms with Gasteiger partial charge in [-0.2, -0.15) is 5.10 Å². The van der Waals surface area contributed by atoms with Crippen molar-refractivity contribution in [1.82, 2.24) is 30.1 Å². The Morgan fingerprint density at radius 2 is 1.80 bits per heavy atom. The molecule has 0 bridgehead atoms. The molecule has 0 fully saturated rings. The summed E-state index contributed by atoms with van der Waals surface area (Å²) < 4.78 is 5.43. The molecule has 0 radical (unpaired) electrons. The average molecular weight is 334 g/mol. The second kappa shape index (κ2) is 6.40. The number of aromatic nitrogens is 6. The molecule has 0 saturated heterocycles. The minimum Gasteiger partial charge on any atom is -0.494 e. The molecule has 3 heterocycles. The lowest BCUT2D eigenvalue weighted by Gasteiger charge is -2.11. The highest BCUT2D eigenvalue weighted by Gasteiger charge is 2.09. The van der Waals surface area contributed by atoms with Crippen molar-refractivity contribution in [1.29, 1.82) is 0 Å². The molecule has 0 aliphatic rings. The van der Waals surface area contributed by atoms with E-state index in [0.717, 1.165) is 16.6 Å². The zero-order valence-electron chi connectivity index (χ0n) is 13.3. The number of ether oxygens (including phenoxy) is 1. The van der Waals surface area contributed by atoms with Crippen LogP contribution in [0, 0.1) is 0 Å². The Kier molecular flexibility index (Phi) is 3.79. The van der Waals surface area contributed by atoms with Gasteiger partial charge < -0.3 is 15.4 Å². The van der Waals surface area contributed by atoms with Gasteiger partial charge in [0.25, 0.3) is 0 Å². The lowest BCUT2D eigenvalue weighted by atomic mass is 10.2. The van der Waals surface area contributed by atoms with Gasteiger partial charge in [0.1, 0.15) is 29.5 Å². The van der Waals surface area contributed by atoms with E-state index in [1.54, 1.807) is 38.0 Å². The van der Waals surface area contributed by atoms with Gasteiger partial charge in [-0.15, -0.1) is 0 Å². The molecular weight excluding hydrogens is 320 g/mol. The number of hydrogen-bond acceptors (Lipinski definition) is 8. The third-order valence-electron chi connectivity index (χ3n) is 3.51. The molecular formula is C16H14N8O. The van der Waals surface area contributed by atoms with Crippen molar-refractivity contribution in [2.75, 3.05) is 17.7 Å². The van der Waals surface area contributed by atoms with Crippen LogP contribution in [-0.2, 0) is 0 Å². The second-order valence-electron chi connectivity index (χ2n) is 5.14. The van der Waals surface area contributed by atoms with Gasteiger partial charge in [0.05, 0.1) is 30.7 Å². The number of benzene rings is 1. The fourth-order valence-electron chi connectivity index (χ4n) is 2.36. The third kappa shape index (κ3) is 3.15. The number of fused-ring (bicyclic) bond motifs is 1. The fourth-order valence-corrected chi connectivity index (χ4v) is 2.36. The predicted molar refractivity (Wildman–Crippen MR) is 93.3 cm³/mol. The van der Waals surface area contributed by atoms with Crippen molar-refractivity contribution in [2.24, 2.45) is 0 Å². The van der Waals surface area contributed by atoms with Gasteiger partial charge in [0.15, 0.2) is 0 Å². The number of nitrogens with one attached hydrogen (secondary N) is 3. The van der Waals surface area contributed by atoms with Crippen molar-refractivity contribution in [3.8, 4) is 5.75 Å². The number of nitrogens with zero attached hydrogens (tertiary/aromatic N) is 5. The summed E-state index contributed by atoms with van der Waals surface area (Å²) in [5.74, 6) is 2.49. The van der Waals surface area contributed by atoms with E-state index in [1.807, 2.05) is 12.1 Å². The molecule has 0 unspecified atom stereocenters. The summed E-state index contributed by atoms with van der Waals surface area (Å²) in [5.41, 5.74) is 1.68. The molecule has 9 heteroatoms. The summed E-state index contributed by atoms with van der Waals surface area (Å²) in [6.45, 7) is 0. The SMILES string of the molecule is COc1cc2[nH]ncc2cc1Nc1cc(Nc2cnccn2)ncn1. The first-order valence-electron chi connectivity index (χ1n) is 7.45. The van der Waals surface area contributed by atoms with Gasteiger partial charge >= 0.3 is 0 Å². The molecule has 3 N–H and O–H groups in total. The van der Waals surface area contributed by atoms with Crippen molar-refractivity contribution in [3.63, 3.8) is 0 Å². The molecule has 3 aromatic heterocycles. The number of H-pyrrole nitrogens is 1. The Hall–Kier alpha value is -3.75. The largest absolute Gasteiger partial charge is 0.494 e. The van der Waals surface area contributed by atoms with Gasteiger partial charge in [0, 0.05) is 29.9 Å². The molecule has 25 heavy (non-hydrogen) atoms. The predicted octanol–water partition coefficient (Wildman–Crippen LogP) is 2.64. The summed E-state index contributed by atoms with van der Waals surface area (Å²) in [6, 6.07) is 5.59. The first-order chi connectivity index (χ1) is 12.3. The highest BCUT2D eigenvalue weighted by atomic mass is 16.5. The van der Waals surface area contributed by atoms with Crippen LogP contribution in [0.5, 0.6) is 5.75 Å². The van der Waals surface area contributed by atoms with Crippen LogP contribution in [0.4, 0.5) is 23.1 Å². The van der Waals surface area contributed by atoms with Crippen LogP contribution in [-0.4, -0.2) is 37.2 Å². The average Bonchev–Trinajstić information content (AvgIpc) is 3.09. The first-order valence-corrected chi connectivity index (χ1v) is 7.45. The Morgan fingerprint density at radius 1 is 0.920 bits per heavy atom. The van der Waals surface area contributed by atoms with Crippen LogP contribution in [0.2, 0.25) is 0 Å². The van der Waals surface area contributed by atoms with E-state index in [9.17, 15) is 0 Å². The molecule has 0 saturated carbocycles. The number of hydrogen-bond donors (Lipinski definition) is 3. The summed E-state index contributed by atoms with van der Waals surface area (Å²) in [6.07, 6.45) is 8.04. The number of anilines is 4. The van der Waals surface area contributed by atoms with Crippen LogP contribution in [0.15, 0.2) is 49.3 Å². The monoisotopic (exact) mass is 334 g/mol. The molecule has 0 spiro atoms. The molecule has 0 atom stereocenters. The van der Waals surface area contributed by atoms with E-state index in [4.69, 9.17) is 4.74 Å². The first kappa shape index (κ1) is 14.8. The smallest absolute Gasteiger partial charge is 0.150 e. The Labute approximate surface area is 142 Å². The molecule has 124 valence electrons.